The van der Waals surface area contributed by atoms with Crippen molar-refractivity contribution in [2.24, 2.45) is 5.73 Å². The second-order valence-electron chi connectivity index (χ2n) is 5.35. The van der Waals surface area contributed by atoms with Crippen LogP contribution in [0.1, 0.15) is 28.3 Å². The summed E-state index contributed by atoms with van der Waals surface area (Å²) in [4.78, 5) is 11.8. The van der Waals surface area contributed by atoms with Gasteiger partial charge in [0.15, 0.2) is 0 Å². The molecule has 0 aliphatic rings. The van der Waals surface area contributed by atoms with E-state index < -0.39 is 11.9 Å². The first-order valence-corrected chi connectivity index (χ1v) is 6.81. The molecule has 0 saturated heterocycles. The average Bonchev–Trinajstić information content (AvgIpc) is 2.41. The van der Waals surface area contributed by atoms with Gasteiger partial charge in [0, 0.05) is 5.69 Å². The third-order valence-electron chi connectivity index (χ3n) is 3.46. The van der Waals surface area contributed by atoms with Gasteiger partial charge in [-0.2, -0.15) is 0 Å². The normalized spacial score (nSPS) is 12.0. The predicted molar refractivity (Wildman–Crippen MR) is 84.3 cm³/mol. The molecule has 0 spiro atoms. The fourth-order valence-electron chi connectivity index (χ4n) is 2.38. The number of benzene rings is 2. The fourth-order valence-corrected chi connectivity index (χ4v) is 2.38. The van der Waals surface area contributed by atoms with Gasteiger partial charge < -0.3 is 16.2 Å². The van der Waals surface area contributed by atoms with Crippen LogP contribution in [0.2, 0.25) is 0 Å². The molecule has 1 unspecified atom stereocenters. The van der Waals surface area contributed by atoms with E-state index in [1.807, 2.05) is 31.2 Å². The molecule has 4 heteroatoms. The molecule has 0 fully saturated rings. The molecule has 4 N–H and O–H groups in total. The van der Waals surface area contributed by atoms with E-state index in [9.17, 15) is 9.90 Å². The summed E-state index contributed by atoms with van der Waals surface area (Å²) >= 11 is 0. The van der Waals surface area contributed by atoms with Crippen LogP contribution in [0, 0.1) is 20.8 Å². The topological polar surface area (TPSA) is 75.3 Å². The molecular weight excluding hydrogens is 264 g/mol. The van der Waals surface area contributed by atoms with Crippen LogP contribution in [0.25, 0.3) is 0 Å². The molecule has 21 heavy (non-hydrogen) atoms. The standard InChI is InChI=1S/C17H20N2O2/c1-10-5-4-6-14(7-10)19-15(17(18)21)13-8-11(2)16(20)12(3)9-13/h4-9,15,19-20H,1-3H3,(H2,18,21). The SMILES string of the molecule is Cc1cccc(NC(C(N)=O)c2cc(C)c(O)c(C)c2)c1. The van der Waals surface area contributed by atoms with Crippen LogP contribution in [-0.2, 0) is 4.79 Å². The van der Waals surface area contributed by atoms with E-state index in [2.05, 4.69) is 5.32 Å². The second-order valence-corrected chi connectivity index (χ2v) is 5.35. The van der Waals surface area contributed by atoms with Crippen molar-refractivity contribution < 1.29 is 9.90 Å². The van der Waals surface area contributed by atoms with Crippen LogP contribution in [-0.4, -0.2) is 11.0 Å². The van der Waals surface area contributed by atoms with Crippen LogP contribution in [0.15, 0.2) is 36.4 Å². The third-order valence-corrected chi connectivity index (χ3v) is 3.46. The maximum atomic E-state index is 11.8. The third kappa shape index (κ3) is 3.34. The van der Waals surface area contributed by atoms with E-state index in [4.69, 9.17) is 5.73 Å². The number of phenols is 1. The van der Waals surface area contributed by atoms with Gasteiger partial charge in [0.2, 0.25) is 5.91 Å². The van der Waals surface area contributed by atoms with E-state index in [0.717, 1.165) is 27.9 Å². The van der Waals surface area contributed by atoms with Gasteiger partial charge in [-0.15, -0.1) is 0 Å². The molecule has 0 bridgehead atoms. The number of amides is 1. The Morgan fingerprint density at radius 1 is 1.14 bits per heavy atom. The number of aryl methyl sites for hydroxylation is 3. The number of hydrogen-bond donors (Lipinski definition) is 3. The molecule has 0 saturated carbocycles. The van der Waals surface area contributed by atoms with Crippen molar-refractivity contribution in [3.63, 3.8) is 0 Å². The second kappa shape index (κ2) is 5.87. The van der Waals surface area contributed by atoms with Gasteiger partial charge in [-0.25, -0.2) is 0 Å². The molecule has 2 rings (SSSR count). The zero-order valence-corrected chi connectivity index (χ0v) is 12.5. The molecule has 2 aromatic rings. The molecule has 110 valence electrons. The highest BCUT2D eigenvalue weighted by atomic mass is 16.3. The Morgan fingerprint density at radius 2 is 1.76 bits per heavy atom. The summed E-state index contributed by atoms with van der Waals surface area (Å²) in [6, 6.07) is 10.7. The smallest absolute Gasteiger partial charge is 0.244 e. The predicted octanol–water partition coefficient (Wildman–Crippen LogP) is 2.96. The van der Waals surface area contributed by atoms with Gasteiger partial charge in [0.1, 0.15) is 11.8 Å². The van der Waals surface area contributed by atoms with E-state index >= 15 is 0 Å². The molecule has 2 aromatic carbocycles. The number of rotatable bonds is 4. The Balaban J connectivity index is 2.38. The quantitative estimate of drug-likeness (QED) is 0.808. The lowest BCUT2D eigenvalue weighted by molar-refractivity contribution is -0.118. The highest BCUT2D eigenvalue weighted by molar-refractivity contribution is 5.84. The molecular formula is C17H20N2O2. The zero-order valence-electron chi connectivity index (χ0n) is 12.5. The Hall–Kier alpha value is -2.49. The van der Waals surface area contributed by atoms with Gasteiger partial charge in [0.25, 0.3) is 0 Å². The summed E-state index contributed by atoms with van der Waals surface area (Å²) in [5.41, 5.74) is 9.66. The minimum atomic E-state index is -0.634. The highest BCUT2D eigenvalue weighted by Gasteiger charge is 2.19. The van der Waals surface area contributed by atoms with Crippen molar-refractivity contribution in [1.29, 1.82) is 0 Å². The van der Waals surface area contributed by atoms with E-state index in [0.29, 0.717) is 0 Å². The van der Waals surface area contributed by atoms with Crippen molar-refractivity contribution in [1.82, 2.24) is 0 Å². The number of hydrogen-bond acceptors (Lipinski definition) is 3. The summed E-state index contributed by atoms with van der Waals surface area (Å²) in [6.45, 7) is 5.59. The number of aromatic hydroxyl groups is 1. The fraction of sp³-hybridized carbons (Fsp3) is 0.235. The van der Waals surface area contributed by atoms with E-state index in [-0.39, 0.29) is 5.75 Å². The summed E-state index contributed by atoms with van der Waals surface area (Å²) in [7, 11) is 0. The molecule has 0 heterocycles. The maximum Gasteiger partial charge on any atom is 0.244 e. The van der Waals surface area contributed by atoms with E-state index in [1.54, 1.807) is 26.0 Å². The molecule has 0 radical (unpaired) electrons. The molecule has 0 aromatic heterocycles. The number of carbonyl (C=O) groups excluding carboxylic acids is 1. The average molecular weight is 284 g/mol. The first-order valence-electron chi connectivity index (χ1n) is 6.81. The molecule has 1 amide bonds. The van der Waals surface area contributed by atoms with Gasteiger partial charge in [0.05, 0.1) is 0 Å². The van der Waals surface area contributed by atoms with Crippen molar-refractivity contribution in [3.8, 4) is 5.75 Å². The van der Waals surface area contributed by atoms with Crippen molar-refractivity contribution in [3.05, 3.63) is 58.7 Å². The molecule has 1 atom stereocenters. The van der Waals surface area contributed by atoms with Crippen LogP contribution in [0.3, 0.4) is 0 Å². The Morgan fingerprint density at radius 3 is 2.29 bits per heavy atom. The summed E-state index contributed by atoms with van der Waals surface area (Å²) in [5.74, 6) is -0.210. The van der Waals surface area contributed by atoms with Crippen molar-refractivity contribution >= 4 is 11.6 Å². The number of nitrogens with two attached hydrogens (primary N) is 1. The van der Waals surface area contributed by atoms with Gasteiger partial charge in [-0.3, -0.25) is 4.79 Å². The number of anilines is 1. The number of carbonyl (C=O) groups is 1. The van der Waals surface area contributed by atoms with Crippen molar-refractivity contribution in [2.45, 2.75) is 26.8 Å². The first-order chi connectivity index (χ1) is 9.88. The van der Waals surface area contributed by atoms with Crippen LogP contribution in [0.4, 0.5) is 5.69 Å². The van der Waals surface area contributed by atoms with E-state index in [1.165, 1.54) is 0 Å². The van der Waals surface area contributed by atoms with Crippen LogP contribution < -0.4 is 11.1 Å². The molecule has 4 nitrogen and oxygen atoms in total. The number of phenolic OH excluding ortho intramolecular Hbond substituents is 1. The lowest BCUT2D eigenvalue weighted by atomic mass is 9.99. The van der Waals surface area contributed by atoms with Gasteiger partial charge in [-0.1, -0.05) is 12.1 Å². The Bertz CT molecular complexity index is 657. The van der Waals surface area contributed by atoms with Crippen LogP contribution in [0.5, 0.6) is 5.75 Å². The maximum absolute atomic E-state index is 11.8. The lowest BCUT2D eigenvalue weighted by Gasteiger charge is -2.19. The molecule has 0 aliphatic carbocycles. The largest absolute Gasteiger partial charge is 0.507 e. The first kappa shape index (κ1) is 14.9. The minimum Gasteiger partial charge on any atom is -0.507 e. The highest BCUT2D eigenvalue weighted by Crippen LogP contribution is 2.28. The number of primary amides is 1. The lowest BCUT2D eigenvalue weighted by Crippen LogP contribution is -2.27. The van der Waals surface area contributed by atoms with Crippen molar-refractivity contribution in [2.75, 3.05) is 5.32 Å². The number of nitrogens with one attached hydrogen (secondary N) is 1. The summed E-state index contributed by atoms with van der Waals surface area (Å²) in [5, 5.41) is 13.0. The Kier molecular flexibility index (Phi) is 4.17. The minimum absolute atomic E-state index is 0.248. The van der Waals surface area contributed by atoms with Gasteiger partial charge in [-0.05, 0) is 67.3 Å². The zero-order chi connectivity index (χ0) is 15.6. The summed E-state index contributed by atoms with van der Waals surface area (Å²) < 4.78 is 0. The monoisotopic (exact) mass is 284 g/mol. The Labute approximate surface area is 124 Å². The van der Waals surface area contributed by atoms with Gasteiger partial charge >= 0.3 is 0 Å². The molecule has 0 aliphatic heterocycles. The summed E-state index contributed by atoms with van der Waals surface area (Å²) in [6.07, 6.45) is 0. The van der Waals surface area contributed by atoms with Crippen LogP contribution >= 0.6 is 0 Å².